The van der Waals surface area contributed by atoms with Crippen LogP contribution in [0.2, 0.25) is 0 Å². The van der Waals surface area contributed by atoms with Gasteiger partial charge < -0.3 is 20.8 Å². The zero-order valence-electron chi connectivity index (χ0n) is 16.4. The molecule has 10 heteroatoms. The van der Waals surface area contributed by atoms with E-state index in [1.165, 1.54) is 0 Å². The molecule has 0 spiro atoms. The van der Waals surface area contributed by atoms with Crippen molar-refractivity contribution in [3.63, 3.8) is 0 Å². The first-order chi connectivity index (χ1) is 14.9. The van der Waals surface area contributed by atoms with E-state index < -0.39 is 34.6 Å². The molecule has 1 aliphatic heterocycles. The number of carbonyl (C=O) groups excluding carboxylic acids is 1. The number of benzene rings is 1. The van der Waals surface area contributed by atoms with Gasteiger partial charge in [0.05, 0.1) is 12.2 Å². The highest BCUT2D eigenvalue weighted by atomic mass is 32.1. The monoisotopic (exact) mass is 450 g/mol. The van der Waals surface area contributed by atoms with Crippen LogP contribution in [0.15, 0.2) is 41.1 Å². The van der Waals surface area contributed by atoms with Crippen LogP contribution in [0.1, 0.15) is 23.3 Å². The molecule has 0 unspecified atom stereocenters. The van der Waals surface area contributed by atoms with Crippen molar-refractivity contribution in [2.45, 2.75) is 12.8 Å². The highest BCUT2D eigenvalue weighted by Crippen LogP contribution is 2.27. The number of piperidine rings is 1. The van der Waals surface area contributed by atoms with Crippen molar-refractivity contribution >= 4 is 24.8 Å². The summed E-state index contributed by atoms with van der Waals surface area (Å²) in [6.45, 7) is 2.18. The Kier molecular flexibility index (Phi) is 7.69. The summed E-state index contributed by atoms with van der Waals surface area (Å²) in [6, 6.07) is 5.04. The minimum atomic E-state index is -1.01. The molecule has 2 aromatic rings. The summed E-state index contributed by atoms with van der Waals surface area (Å²) in [5, 5.41) is 13.2. The van der Waals surface area contributed by atoms with E-state index in [1.807, 2.05) is 0 Å². The molecule has 1 fully saturated rings. The third-order valence-corrected chi connectivity index (χ3v) is 5.19. The lowest BCUT2D eigenvalue weighted by Crippen LogP contribution is -2.30. The van der Waals surface area contributed by atoms with Crippen LogP contribution < -0.4 is 10.6 Å². The normalized spacial score (nSPS) is 15.2. The molecule has 3 N–H and O–H groups in total. The summed E-state index contributed by atoms with van der Waals surface area (Å²) < 4.78 is 47.9. The fourth-order valence-electron chi connectivity index (χ4n) is 3.13. The molecule has 0 atom stereocenters. The highest BCUT2D eigenvalue weighted by Gasteiger charge is 2.20. The van der Waals surface area contributed by atoms with E-state index in [0.717, 1.165) is 62.5 Å². The van der Waals surface area contributed by atoms with Gasteiger partial charge in [0.2, 0.25) is 0 Å². The average molecular weight is 450 g/mol. The quantitative estimate of drug-likeness (QED) is 0.295. The summed E-state index contributed by atoms with van der Waals surface area (Å²) in [5.74, 6) is -3.47. The Bertz CT molecular complexity index is 990. The summed E-state index contributed by atoms with van der Waals surface area (Å²) in [4.78, 5) is 16.4. The van der Waals surface area contributed by atoms with Crippen molar-refractivity contribution < 1.29 is 22.7 Å². The number of nitrogens with zero attached hydrogens (tertiary/aromatic N) is 1. The van der Waals surface area contributed by atoms with Gasteiger partial charge in [0, 0.05) is 6.21 Å². The van der Waals surface area contributed by atoms with Crippen molar-refractivity contribution in [3.05, 3.63) is 64.3 Å². The molecular formula is C21H21F3N4O2S. The molecule has 0 saturated carbocycles. The number of hydrogen-bond acceptors (Lipinski definition) is 6. The number of rotatable bonds is 7. The largest absolute Gasteiger partial charge is 0.485 e. The van der Waals surface area contributed by atoms with Crippen LogP contribution in [0.25, 0.3) is 11.3 Å². The lowest BCUT2D eigenvalue weighted by molar-refractivity contribution is 0.0959. The van der Waals surface area contributed by atoms with Crippen molar-refractivity contribution in [2.24, 2.45) is 5.92 Å². The number of aromatic nitrogens is 1. The second-order valence-corrected chi connectivity index (χ2v) is 7.35. The van der Waals surface area contributed by atoms with Crippen LogP contribution in [-0.2, 0) is 4.74 Å². The molecule has 6 nitrogen and oxygen atoms in total. The fourth-order valence-corrected chi connectivity index (χ4v) is 3.32. The maximum atomic E-state index is 14.2. The Labute approximate surface area is 182 Å². The van der Waals surface area contributed by atoms with Crippen molar-refractivity contribution in [1.82, 2.24) is 15.6 Å². The second kappa shape index (κ2) is 10.5. The van der Waals surface area contributed by atoms with Crippen LogP contribution in [0, 0.1) is 28.8 Å². The lowest BCUT2D eigenvalue weighted by Gasteiger charge is -2.23. The van der Waals surface area contributed by atoms with Gasteiger partial charge in [-0.1, -0.05) is 6.07 Å². The van der Waals surface area contributed by atoms with E-state index in [1.54, 1.807) is 0 Å². The molecule has 31 heavy (non-hydrogen) atoms. The molecule has 1 aromatic heterocycles. The SMILES string of the molecule is N=C/C(NC(=O)c1ccc(F)c(-c2c(F)cccc2F)n1)=C(\S)OCC1CCNCC1. The minimum absolute atomic E-state index is 0.0213. The van der Waals surface area contributed by atoms with Crippen LogP contribution in [0.3, 0.4) is 0 Å². The molecule has 1 aromatic carbocycles. The number of thiol groups is 1. The predicted octanol–water partition coefficient (Wildman–Crippen LogP) is 3.66. The molecular weight excluding hydrogens is 429 g/mol. The van der Waals surface area contributed by atoms with Gasteiger partial charge >= 0.3 is 0 Å². The highest BCUT2D eigenvalue weighted by molar-refractivity contribution is 7.84. The Morgan fingerprint density at radius 3 is 2.52 bits per heavy atom. The van der Waals surface area contributed by atoms with E-state index in [0.29, 0.717) is 12.5 Å². The molecule has 3 rings (SSSR count). The molecule has 1 aliphatic rings. The standard InChI is InChI=1S/C21H21F3N4O2S/c22-13-2-1-3-14(23)18(13)19-15(24)4-5-16(27-19)20(29)28-17(10-25)21(31)30-11-12-6-8-26-9-7-12/h1-5,10,12,25-26,31H,6-9,11H2,(H,28,29)/b21-17+,25-10?. The first kappa shape index (κ1) is 22.8. The number of hydrogen-bond donors (Lipinski definition) is 4. The Morgan fingerprint density at radius 2 is 1.87 bits per heavy atom. The summed E-state index contributed by atoms with van der Waals surface area (Å²) in [7, 11) is 0. The van der Waals surface area contributed by atoms with E-state index in [4.69, 9.17) is 10.1 Å². The van der Waals surface area contributed by atoms with E-state index in [-0.39, 0.29) is 16.5 Å². The Hall–Kier alpha value is -2.85. The van der Waals surface area contributed by atoms with Crippen molar-refractivity contribution in [2.75, 3.05) is 19.7 Å². The molecule has 2 heterocycles. The number of amides is 1. The smallest absolute Gasteiger partial charge is 0.274 e. The minimum Gasteiger partial charge on any atom is -0.485 e. The molecule has 1 amide bonds. The summed E-state index contributed by atoms with van der Waals surface area (Å²) >= 11 is 4.21. The van der Waals surface area contributed by atoms with Gasteiger partial charge in [-0.15, -0.1) is 12.6 Å². The molecule has 0 bridgehead atoms. The maximum Gasteiger partial charge on any atom is 0.274 e. The van der Waals surface area contributed by atoms with Gasteiger partial charge in [0.25, 0.3) is 5.91 Å². The number of carbonyl (C=O) groups is 1. The molecule has 0 aliphatic carbocycles. The van der Waals surface area contributed by atoms with Gasteiger partial charge in [-0.3, -0.25) is 4.79 Å². The van der Waals surface area contributed by atoms with Crippen LogP contribution in [0.4, 0.5) is 13.2 Å². The lowest BCUT2D eigenvalue weighted by atomic mass is 9.99. The van der Waals surface area contributed by atoms with Gasteiger partial charge in [-0.2, -0.15) is 0 Å². The number of halogens is 3. The summed E-state index contributed by atoms with van der Waals surface area (Å²) in [5.41, 5.74) is -1.61. The second-order valence-electron chi connectivity index (χ2n) is 6.95. The molecule has 164 valence electrons. The molecule has 0 radical (unpaired) electrons. The zero-order chi connectivity index (χ0) is 22.4. The predicted molar refractivity (Wildman–Crippen MR) is 113 cm³/mol. The van der Waals surface area contributed by atoms with Crippen LogP contribution >= 0.6 is 12.6 Å². The zero-order valence-corrected chi connectivity index (χ0v) is 17.3. The summed E-state index contributed by atoms with van der Waals surface area (Å²) in [6.07, 6.45) is 2.74. The first-order valence-corrected chi connectivity index (χ1v) is 10.0. The van der Waals surface area contributed by atoms with Crippen LogP contribution in [0.5, 0.6) is 0 Å². The van der Waals surface area contributed by atoms with Gasteiger partial charge in [-0.25, -0.2) is 18.2 Å². The van der Waals surface area contributed by atoms with Gasteiger partial charge in [-0.05, 0) is 56.1 Å². The Morgan fingerprint density at radius 1 is 1.19 bits per heavy atom. The van der Waals surface area contributed by atoms with Crippen molar-refractivity contribution in [3.8, 4) is 11.3 Å². The fraction of sp³-hybridized carbons (Fsp3) is 0.286. The van der Waals surface area contributed by atoms with E-state index >= 15 is 0 Å². The number of nitrogens with one attached hydrogen (secondary N) is 3. The van der Waals surface area contributed by atoms with Gasteiger partial charge in [0.15, 0.2) is 5.09 Å². The van der Waals surface area contributed by atoms with Crippen LogP contribution in [-0.4, -0.2) is 36.8 Å². The third kappa shape index (κ3) is 5.65. The number of ether oxygens (including phenoxy) is 1. The number of allylic oxidation sites excluding steroid dienone is 1. The topological polar surface area (TPSA) is 87.1 Å². The molecule has 1 saturated heterocycles. The average Bonchev–Trinajstić information content (AvgIpc) is 2.77. The first-order valence-electron chi connectivity index (χ1n) is 9.60. The van der Waals surface area contributed by atoms with Gasteiger partial charge in [0.1, 0.15) is 34.5 Å². The number of pyridine rings is 1. The van der Waals surface area contributed by atoms with Crippen molar-refractivity contribution in [1.29, 1.82) is 5.41 Å². The Balaban J connectivity index is 1.78. The van der Waals surface area contributed by atoms with E-state index in [9.17, 15) is 18.0 Å². The maximum absolute atomic E-state index is 14.2. The van der Waals surface area contributed by atoms with E-state index in [2.05, 4.69) is 28.2 Å². The third-order valence-electron chi connectivity index (χ3n) is 4.82.